The third kappa shape index (κ3) is 4.17. The van der Waals surface area contributed by atoms with Gasteiger partial charge in [0.2, 0.25) is 0 Å². The highest BCUT2D eigenvalue weighted by Crippen LogP contribution is 2.36. The average molecular weight is 464 g/mol. The molecular formula is C19H13ClF3N7O2. The Morgan fingerprint density at radius 2 is 2.06 bits per heavy atom. The lowest BCUT2D eigenvalue weighted by Gasteiger charge is -2.27. The number of amidine groups is 1. The van der Waals surface area contributed by atoms with Gasteiger partial charge in [-0.05, 0) is 22.6 Å². The van der Waals surface area contributed by atoms with Gasteiger partial charge in [0, 0.05) is 16.7 Å². The zero-order valence-electron chi connectivity index (χ0n) is 16.3. The SMILES string of the molecule is COC(=O)C1=C(Cn2cnnn2)NC(c2ncc(F)cc2F)=NC1c1ccc(F)cc1Cl. The van der Waals surface area contributed by atoms with Crippen LogP contribution in [0.25, 0.3) is 0 Å². The van der Waals surface area contributed by atoms with Gasteiger partial charge in [-0.2, -0.15) is 0 Å². The standard InChI is InChI=1S/C19H13ClF3N7O2/c1-32-19(31)15-14(7-30-8-25-28-29-30)26-18(17-13(23)5-10(22)6-24-17)27-16(15)11-3-2-9(21)4-12(11)20/h2-6,8,16H,7H2,1H3,(H,26,27). The molecule has 0 bridgehead atoms. The highest BCUT2D eigenvalue weighted by Gasteiger charge is 2.34. The Morgan fingerprint density at radius 3 is 2.72 bits per heavy atom. The third-order valence-electron chi connectivity index (χ3n) is 4.53. The number of hydrogen-bond donors (Lipinski definition) is 1. The van der Waals surface area contributed by atoms with Crippen LogP contribution in [-0.2, 0) is 16.1 Å². The molecule has 2 aromatic heterocycles. The summed E-state index contributed by atoms with van der Waals surface area (Å²) in [6.07, 6.45) is 2.12. The first-order valence-corrected chi connectivity index (χ1v) is 9.38. The van der Waals surface area contributed by atoms with Crippen LogP contribution in [-0.4, -0.2) is 44.1 Å². The Hall–Kier alpha value is -3.80. The number of rotatable bonds is 5. The van der Waals surface area contributed by atoms with Crippen LogP contribution in [0.5, 0.6) is 0 Å². The Labute approximate surface area is 183 Å². The van der Waals surface area contributed by atoms with Gasteiger partial charge in [0.15, 0.2) is 11.7 Å². The first-order valence-electron chi connectivity index (χ1n) is 9.00. The fourth-order valence-corrected chi connectivity index (χ4v) is 3.41. The summed E-state index contributed by atoms with van der Waals surface area (Å²) >= 11 is 6.23. The molecule has 0 saturated heterocycles. The summed E-state index contributed by atoms with van der Waals surface area (Å²) in [5.41, 5.74) is 0.171. The first kappa shape index (κ1) is 21.4. The number of benzene rings is 1. The monoisotopic (exact) mass is 463 g/mol. The van der Waals surface area contributed by atoms with Crippen LogP contribution < -0.4 is 5.32 Å². The summed E-state index contributed by atoms with van der Waals surface area (Å²) < 4.78 is 47.7. The van der Waals surface area contributed by atoms with Gasteiger partial charge in [-0.15, -0.1) is 5.10 Å². The third-order valence-corrected chi connectivity index (χ3v) is 4.86. The van der Waals surface area contributed by atoms with Gasteiger partial charge in [0.1, 0.15) is 29.7 Å². The lowest BCUT2D eigenvalue weighted by atomic mass is 9.95. The topological polar surface area (TPSA) is 107 Å². The predicted octanol–water partition coefficient (Wildman–Crippen LogP) is 2.36. The molecular weight excluding hydrogens is 451 g/mol. The first-order chi connectivity index (χ1) is 15.4. The van der Waals surface area contributed by atoms with Crippen molar-refractivity contribution in [2.75, 3.05) is 7.11 Å². The van der Waals surface area contributed by atoms with Crippen molar-refractivity contribution in [1.29, 1.82) is 0 Å². The molecule has 1 N–H and O–H groups in total. The number of carbonyl (C=O) groups is 1. The number of carbonyl (C=O) groups excluding carboxylic acids is 1. The second kappa shape index (κ2) is 8.75. The maximum atomic E-state index is 14.5. The number of aliphatic imine (C=N–C) groups is 1. The Kier molecular flexibility index (Phi) is 5.86. The highest BCUT2D eigenvalue weighted by atomic mass is 35.5. The molecule has 164 valence electrons. The van der Waals surface area contributed by atoms with Crippen LogP contribution >= 0.6 is 11.6 Å². The normalized spacial score (nSPS) is 15.9. The molecule has 1 aromatic carbocycles. The molecule has 3 aromatic rings. The van der Waals surface area contributed by atoms with Crippen molar-refractivity contribution in [2.45, 2.75) is 12.6 Å². The van der Waals surface area contributed by atoms with Crippen molar-refractivity contribution in [2.24, 2.45) is 4.99 Å². The molecule has 0 saturated carbocycles. The number of aromatic nitrogens is 5. The van der Waals surface area contributed by atoms with Gasteiger partial charge in [-0.3, -0.25) is 4.99 Å². The molecule has 0 spiro atoms. The van der Waals surface area contributed by atoms with E-state index in [4.69, 9.17) is 16.3 Å². The Morgan fingerprint density at radius 1 is 1.25 bits per heavy atom. The van der Waals surface area contributed by atoms with E-state index in [0.717, 1.165) is 18.3 Å². The largest absolute Gasteiger partial charge is 0.466 e. The molecule has 32 heavy (non-hydrogen) atoms. The van der Waals surface area contributed by atoms with E-state index < -0.39 is 29.5 Å². The highest BCUT2D eigenvalue weighted by molar-refractivity contribution is 6.31. The summed E-state index contributed by atoms with van der Waals surface area (Å²) in [5.74, 6) is -3.32. The minimum absolute atomic E-state index is 0.0165. The van der Waals surface area contributed by atoms with E-state index in [2.05, 4.69) is 30.8 Å². The molecule has 1 aliphatic heterocycles. The maximum Gasteiger partial charge on any atom is 0.338 e. The van der Waals surface area contributed by atoms with Crippen LogP contribution in [0.15, 0.2) is 53.1 Å². The predicted molar refractivity (Wildman–Crippen MR) is 105 cm³/mol. The van der Waals surface area contributed by atoms with Crippen molar-refractivity contribution in [3.8, 4) is 0 Å². The van der Waals surface area contributed by atoms with Crippen molar-refractivity contribution in [1.82, 2.24) is 30.5 Å². The second-order valence-corrected chi connectivity index (χ2v) is 6.95. The fourth-order valence-electron chi connectivity index (χ4n) is 3.14. The molecule has 3 heterocycles. The van der Waals surface area contributed by atoms with E-state index in [0.29, 0.717) is 6.07 Å². The van der Waals surface area contributed by atoms with E-state index in [1.807, 2.05) is 0 Å². The molecule has 0 amide bonds. The van der Waals surface area contributed by atoms with E-state index in [-0.39, 0.29) is 39.9 Å². The van der Waals surface area contributed by atoms with Gasteiger partial charge in [0.25, 0.3) is 0 Å². The minimum atomic E-state index is -1.12. The summed E-state index contributed by atoms with van der Waals surface area (Å²) in [5, 5.41) is 13.7. The average Bonchev–Trinajstić information content (AvgIpc) is 3.26. The molecule has 0 aliphatic carbocycles. The summed E-state index contributed by atoms with van der Waals surface area (Å²) in [6, 6.07) is 3.07. The molecule has 0 fully saturated rings. The van der Waals surface area contributed by atoms with Crippen molar-refractivity contribution >= 4 is 23.4 Å². The number of esters is 1. The number of methoxy groups -OCH3 is 1. The maximum absolute atomic E-state index is 14.5. The van der Waals surface area contributed by atoms with Gasteiger partial charge in [-0.25, -0.2) is 27.6 Å². The smallest absolute Gasteiger partial charge is 0.338 e. The molecule has 9 nitrogen and oxygen atoms in total. The number of tetrazole rings is 1. The number of nitrogens with one attached hydrogen (secondary N) is 1. The number of nitrogens with zero attached hydrogens (tertiary/aromatic N) is 6. The number of ether oxygens (including phenoxy) is 1. The lowest BCUT2D eigenvalue weighted by Crippen LogP contribution is -2.36. The second-order valence-electron chi connectivity index (χ2n) is 6.55. The van der Waals surface area contributed by atoms with Crippen LogP contribution in [0.3, 0.4) is 0 Å². The zero-order valence-corrected chi connectivity index (χ0v) is 17.0. The van der Waals surface area contributed by atoms with E-state index >= 15 is 0 Å². The van der Waals surface area contributed by atoms with Crippen molar-refractivity contribution < 1.29 is 22.7 Å². The molecule has 1 atom stereocenters. The van der Waals surface area contributed by atoms with Gasteiger partial charge in [-0.1, -0.05) is 17.7 Å². The number of hydrogen-bond acceptors (Lipinski definition) is 8. The van der Waals surface area contributed by atoms with Crippen molar-refractivity contribution in [3.63, 3.8) is 0 Å². The van der Waals surface area contributed by atoms with Crippen LogP contribution in [0, 0.1) is 17.5 Å². The summed E-state index contributed by atoms with van der Waals surface area (Å²) in [6.45, 7) is -0.0609. The van der Waals surface area contributed by atoms with Gasteiger partial charge < -0.3 is 10.1 Å². The van der Waals surface area contributed by atoms with E-state index in [1.54, 1.807) is 0 Å². The van der Waals surface area contributed by atoms with Crippen LogP contribution in [0.1, 0.15) is 17.3 Å². The van der Waals surface area contributed by atoms with Crippen molar-refractivity contribution in [3.05, 3.63) is 81.8 Å². The number of allylic oxidation sites excluding steroid dienone is 1. The fraction of sp³-hybridized carbons (Fsp3) is 0.158. The number of pyridine rings is 1. The van der Waals surface area contributed by atoms with E-state index in [1.165, 1.54) is 24.2 Å². The Balaban J connectivity index is 1.91. The van der Waals surface area contributed by atoms with Crippen LogP contribution in [0.4, 0.5) is 13.2 Å². The lowest BCUT2D eigenvalue weighted by molar-refractivity contribution is -0.136. The summed E-state index contributed by atoms with van der Waals surface area (Å²) in [4.78, 5) is 20.9. The van der Waals surface area contributed by atoms with E-state index in [9.17, 15) is 18.0 Å². The van der Waals surface area contributed by atoms with Gasteiger partial charge >= 0.3 is 5.97 Å². The molecule has 0 radical (unpaired) electrons. The zero-order chi connectivity index (χ0) is 22.8. The molecule has 4 rings (SSSR count). The quantitative estimate of drug-likeness (QED) is 0.579. The summed E-state index contributed by atoms with van der Waals surface area (Å²) in [7, 11) is 1.17. The Bertz CT molecular complexity index is 1250. The van der Waals surface area contributed by atoms with Gasteiger partial charge in [0.05, 0.1) is 31.1 Å². The minimum Gasteiger partial charge on any atom is -0.466 e. The molecule has 1 aliphatic rings. The number of halogens is 4. The molecule has 1 unspecified atom stereocenters. The molecule has 13 heteroatoms. The van der Waals surface area contributed by atoms with Crippen LogP contribution in [0.2, 0.25) is 5.02 Å².